The first-order valence-corrected chi connectivity index (χ1v) is 21.6. The van der Waals surface area contributed by atoms with Crippen LogP contribution in [0.5, 0.6) is 0 Å². The van der Waals surface area contributed by atoms with Crippen LogP contribution in [0.4, 0.5) is 0 Å². The molecule has 13 rings (SSSR count). The lowest BCUT2D eigenvalue weighted by Crippen LogP contribution is -2.07. The first-order chi connectivity index (χ1) is 31.7. The second-order valence-electron chi connectivity index (χ2n) is 16.3. The van der Waals surface area contributed by atoms with E-state index in [-0.39, 0.29) is 0 Å². The SMILES string of the molecule is c1ccc(-c2cccc(-c3cccc(-c4cccc5c6c7ccccc7c7ccccc7c6n(-c6nc(-c7ccccc7)nc(-c7ccc8c(c7)oc7ccccc78)n6)c45)c3)c2)cc1. The molecule has 0 amide bonds. The zero-order valence-corrected chi connectivity index (χ0v) is 34.5. The van der Waals surface area contributed by atoms with Crippen LogP contribution in [0.15, 0.2) is 223 Å². The van der Waals surface area contributed by atoms with Crippen molar-refractivity contribution in [2.24, 2.45) is 0 Å². The fraction of sp³-hybridized carbons (Fsp3) is 0. The Labute approximate surface area is 368 Å². The van der Waals surface area contributed by atoms with Crippen molar-refractivity contribution >= 4 is 65.3 Å². The zero-order valence-electron chi connectivity index (χ0n) is 34.5. The van der Waals surface area contributed by atoms with Gasteiger partial charge < -0.3 is 4.42 Å². The molecule has 5 heteroatoms. The summed E-state index contributed by atoms with van der Waals surface area (Å²) in [6.45, 7) is 0. The molecular formula is C59H36N4O. The Bertz CT molecular complexity index is 3960. The Balaban J connectivity index is 1.12. The van der Waals surface area contributed by atoms with Crippen LogP contribution in [0.25, 0.3) is 127 Å². The number of rotatable bonds is 6. The number of aromatic nitrogens is 4. The Hall–Kier alpha value is -8.67. The average molecular weight is 817 g/mol. The van der Waals surface area contributed by atoms with Gasteiger partial charge in [-0.2, -0.15) is 9.97 Å². The molecule has 0 bridgehead atoms. The summed E-state index contributed by atoms with van der Waals surface area (Å²) in [4.78, 5) is 16.1. The lowest BCUT2D eigenvalue weighted by atomic mass is 9.94. The Kier molecular flexibility index (Phi) is 8.15. The summed E-state index contributed by atoms with van der Waals surface area (Å²) in [5.41, 5.74) is 12.3. The summed E-state index contributed by atoms with van der Waals surface area (Å²) in [5, 5.41) is 9.09. The van der Waals surface area contributed by atoms with Crippen LogP contribution in [0.2, 0.25) is 0 Å². The number of furan rings is 1. The molecule has 13 aromatic rings. The fourth-order valence-electron chi connectivity index (χ4n) is 9.71. The van der Waals surface area contributed by atoms with Crippen LogP contribution in [-0.2, 0) is 0 Å². The van der Waals surface area contributed by atoms with E-state index in [4.69, 9.17) is 19.4 Å². The molecule has 0 unspecified atom stereocenters. The molecule has 0 aliphatic heterocycles. The van der Waals surface area contributed by atoms with Crippen molar-refractivity contribution < 1.29 is 4.42 Å². The van der Waals surface area contributed by atoms with Gasteiger partial charge in [-0.25, -0.2) is 4.98 Å². The minimum Gasteiger partial charge on any atom is -0.456 e. The van der Waals surface area contributed by atoms with Gasteiger partial charge in [0, 0.05) is 43.6 Å². The molecule has 0 aliphatic rings. The van der Waals surface area contributed by atoms with Crippen molar-refractivity contribution in [3.8, 4) is 62.1 Å². The molecule has 0 aliphatic carbocycles. The third kappa shape index (κ3) is 5.75. The van der Waals surface area contributed by atoms with Crippen LogP contribution in [0, 0.1) is 0 Å². The number of hydrogen-bond acceptors (Lipinski definition) is 4. The van der Waals surface area contributed by atoms with E-state index in [1.54, 1.807) is 0 Å². The fourth-order valence-corrected chi connectivity index (χ4v) is 9.71. The molecule has 298 valence electrons. The molecular weight excluding hydrogens is 781 g/mol. The van der Waals surface area contributed by atoms with E-state index < -0.39 is 0 Å². The summed E-state index contributed by atoms with van der Waals surface area (Å²) in [5.74, 6) is 1.68. The molecule has 3 aromatic heterocycles. The van der Waals surface area contributed by atoms with Crippen LogP contribution < -0.4 is 0 Å². The van der Waals surface area contributed by atoms with Crippen molar-refractivity contribution in [3.05, 3.63) is 218 Å². The maximum atomic E-state index is 6.40. The molecule has 0 saturated carbocycles. The van der Waals surface area contributed by atoms with Gasteiger partial charge >= 0.3 is 0 Å². The first-order valence-electron chi connectivity index (χ1n) is 21.6. The topological polar surface area (TPSA) is 56.7 Å². The normalized spacial score (nSPS) is 11.8. The Morgan fingerprint density at radius 3 is 1.56 bits per heavy atom. The van der Waals surface area contributed by atoms with Gasteiger partial charge in [0.1, 0.15) is 11.2 Å². The van der Waals surface area contributed by atoms with Crippen LogP contribution in [0.3, 0.4) is 0 Å². The van der Waals surface area contributed by atoms with E-state index in [9.17, 15) is 0 Å². The summed E-state index contributed by atoms with van der Waals surface area (Å²) in [6.07, 6.45) is 0. The van der Waals surface area contributed by atoms with Gasteiger partial charge in [0.2, 0.25) is 5.95 Å². The van der Waals surface area contributed by atoms with Crippen molar-refractivity contribution in [2.75, 3.05) is 0 Å². The van der Waals surface area contributed by atoms with Gasteiger partial charge in [0.05, 0.1) is 11.0 Å². The lowest BCUT2D eigenvalue weighted by Gasteiger charge is -2.15. The summed E-state index contributed by atoms with van der Waals surface area (Å²) < 4.78 is 8.70. The minimum absolute atomic E-state index is 0.535. The van der Waals surface area contributed by atoms with Crippen LogP contribution in [0.1, 0.15) is 0 Å². The third-order valence-corrected chi connectivity index (χ3v) is 12.6. The molecule has 10 aromatic carbocycles. The maximum Gasteiger partial charge on any atom is 0.238 e. The summed E-state index contributed by atoms with van der Waals surface area (Å²) in [6, 6.07) is 77.0. The molecule has 0 fully saturated rings. The van der Waals surface area contributed by atoms with Crippen molar-refractivity contribution in [1.29, 1.82) is 0 Å². The van der Waals surface area contributed by atoms with Gasteiger partial charge in [-0.3, -0.25) is 4.57 Å². The Morgan fingerprint density at radius 1 is 0.297 bits per heavy atom. The van der Waals surface area contributed by atoms with Gasteiger partial charge in [-0.15, -0.1) is 0 Å². The second-order valence-corrected chi connectivity index (χ2v) is 16.3. The van der Waals surface area contributed by atoms with E-state index in [2.05, 4.69) is 187 Å². The highest BCUT2D eigenvalue weighted by Gasteiger charge is 2.24. The van der Waals surface area contributed by atoms with E-state index in [0.717, 1.165) is 82.5 Å². The van der Waals surface area contributed by atoms with Gasteiger partial charge in [-0.1, -0.05) is 188 Å². The number of hydrogen-bond donors (Lipinski definition) is 0. The highest BCUT2D eigenvalue weighted by atomic mass is 16.3. The zero-order chi connectivity index (χ0) is 42.1. The van der Waals surface area contributed by atoms with Crippen LogP contribution in [-0.4, -0.2) is 19.5 Å². The number of benzene rings is 10. The minimum atomic E-state index is 0.535. The molecule has 0 N–H and O–H groups in total. The summed E-state index contributed by atoms with van der Waals surface area (Å²) >= 11 is 0. The lowest BCUT2D eigenvalue weighted by molar-refractivity contribution is 0.669. The van der Waals surface area contributed by atoms with Crippen molar-refractivity contribution in [1.82, 2.24) is 19.5 Å². The molecule has 5 nitrogen and oxygen atoms in total. The van der Waals surface area contributed by atoms with E-state index in [1.807, 2.05) is 36.4 Å². The largest absolute Gasteiger partial charge is 0.456 e. The molecule has 64 heavy (non-hydrogen) atoms. The van der Waals surface area contributed by atoms with E-state index >= 15 is 0 Å². The summed E-state index contributed by atoms with van der Waals surface area (Å²) in [7, 11) is 0. The first kappa shape index (κ1) is 36.0. The highest BCUT2D eigenvalue weighted by Crippen LogP contribution is 2.45. The van der Waals surface area contributed by atoms with Gasteiger partial charge in [0.15, 0.2) is 11.6 Å². The molecule has 3 heterocycles. The smallest absolute Gasteiger partial charge is 0.238 e. The monoisotopic (exact) mass is 816 g/mol. The van der Waals surface area contributed by atoms with Gasteiger partial charge in [0.25, 0.3) is 0 Å². The molecule has 0 spiro atoms. The predicted octanol–water partition coefficient (Wildman–Crippen LogP) is 15.5. The maximum absolute atomic E-state index is 6.40. The van der Waals surface area contributed by atoms with E-state index in [0.29, 0.717) is 17.6 Å². The number of nitrogens with zero attached hydrogens (tertiary/aromatic N) is 4. The number of para-hydroxylation sites is 2. The highest BCUT2D eigenvalue weighted by molar-refractivity contribution is 6.33. The van der Waals surface area contributed by atoms with Gasteiger partial charge in [-0.05, 0) is 74.3 Å². The Morgan fingerprint density at radius 2 is 0.812 bits per heavy atom. The van der Waals surface area contributed by atoms with Crippen molar-refractivity contribution in [2.45, 2.75) is 0 Å². The molecule has 0 atom stereocenters. The van der Waals surface area contributed by atoms with E-state index in [1.165, 1.54) is 27.3 Å². The molecule has 0 radical (unpaired) electrons. The van der Waals surface area contributed by atoms with Crippen LogP contribution >= 0.6 is 0 Å². The van der Waals surface area contributed by atoms with Crippen molar-refractivity contribution in [3.63, 3.8) is 0 Å². The second kappa shape index (κ2) is 14.5. The average Bonchev–Trinajstić information content (AvgIpc) is 3.93. The quantitative estimate of drug-likeness (QED) is 0.157. The number of fused-ring (bicyclic) bond motifs is 11. The third-order valence-electron chi connectivity index (χ3n) is 12.6. The predicted molar refractivity (Wildman–Crippen MR) is 264 cm³/mol. The molecule has 0 saturated heterocycles. The standard InChI is InChI=1S/C59H36N4O/c1-3-16-37(17-4-1)39-20-13-21-40(34-39)41-22-14-23-42(35-41)44-29-15-30-51-54-49-27-9-7-24-45(49)46-25-8-10-28-50(46)56(54)63(55(44)51)59-61-57(38-18-5-2-6-19-38)60-58(62-59)43-32-33-48-47-26-11-12-31-52(47)64-53(48)36-43/h1-36H.